The summed E-state index contributed by atoms with van der Waals surface area (Å²) in [6.45, 7) is 6.21. The first-order valence-corrected chi connectivity index (χ1v) is 14.3. The molecule has 1 saturated carbocycles. The normalized spacial score (nSPS) is 24.8. The molecule has 14 heteroatoms. The Kier molecular flexibility index (Phi) is 11.0. The molecule has 5 atom stereocenters. The molecular formula is C25H35FN3O9P. The van der Waals surface area contributed by atoms with E-state index in [1.54, 1.807) is 13.0 Å². The van der Waals surface area contributed by atoms with Crippen molar-refractivity contribution < 1.29 is 37.4 Å². The maximum Gasteiger partial charge on any atom is 0.459 e. The van der Waals surface area contributed by atoms with Crippen LogP contribution in [0.5, 0.6) is 0 Å². The highest BCUT2D eigenvalue weighted by molar-refractivity contribution is 7.51. The van der Waals surface area contributed by atoms with Gasteiger partial charge in [0.1, 0.15) is 30.2 Å². The molecule has 0 spiro atoms. The number of nitrogens with zero attached hydrogens (tertiary/aromatic N) is 1. The number of nitrogens with one attached hydrogen (secondary N) is 2. The van der Waals surface area contributed by atoms with Crippen LogP contribution < -0.4 is 16.3 Å². The van der Waals surface area contributed by atoms with Crippen molar-refractivity contribution in [3.63, 3.8) is 0 Å². The van der Waals surface area contributed by atoms with Crippen molar-refractivity contribution in [3.05, 3.63) is 69.5 Å². The number of halogens is 1. The Hall–Kier alpha value is -2.83. The van der Waals surface area contributed by atoms with Crippen molar-refractivity contribution in [2.45, 2.75) is 83.0 Å². The van der Waals surface area contributed by atoms with E-state index in [1.165, 1.54) is 25.2 Å². The van der Waals surface area contributed by atoms with Gasteiger partial charge in [-0.3, -0.25) is 23.7 Å². The second-order valence-electron chi connectivity index (χ2n) is 9.29. The Balaban J connectivity index is 1.72. The first-order valence-electron chi connectivity index (χ1n) is 12.8. The van der Waals surface area contributed by atoms with Crippen molar-refractivity contribution in [2.24, 2.45) is 0 Å². The fraction of sp³-hybridized carbons (Fsp3) is 0.560. The SMILES string of the molecule is C=C/C=C\C(=C/C)OP(=O)(N[C@@H](C)C(=O)OC1CCCCC1)OC[C@H]1O[C@@H](n2cc(F)c(=O)[nH]c2=O)CC1O. The largest absolute Gasteiger partial charge is 0.461 e. The van der Waals surface area contributed by atoms with Crippen LogP contribution in [0.3, 0.4) is 0 Å². The number of hydrogen-bond donors (Lipinski definition) is 3. The van der Waals surface area contributed by atoms with Gasteiger partial charge in [-0.2, -0.15) is 9.48 Å². The van der Waals surface area contributed by atoms with Gasteiger partial charge in [-0.15, -0.1) is 0 Å². The molecule has 216 valence electrons. The molecule has 2 fully saturated rings. The molecule has 3 rings (SSSR count). The molecule has 12 nitrogen and oxygen atoms in total. The molecule has 0 amide bonds. The third-order valence-corrected chi connectivity index (χ3v) is 7.94. The summed E-state index contributed by atoms with van der Waals surface area (Å²) in [4.78, 5) is 37.9. The van der Waals surface area contributed by atoms with Crippen LogP contribution in [0.4, 0.5) is 4.39 Å². The lowest BCUT2D eigenvalue weighted by Gasteiger charge is -2.27. The quantitative estimate of drug-likeness (QED) is 0.147. The average Bonchev–Trinajstić information content (AvgIpc) is 3.28. The molecule has 39 heavy (non-hydrogen) atoms. The molecule has 1 saturated heterocycles. The van der Waals surface area contributed by atoms with Gasteiger partial charge < -0.3 is 19.1 Å². The van der Waals surface area contributed by atoms with Gasteiger partial charge in [0, 0.05) is 6.42 Å². The fourth-order valence-corrected chi connectivity index (χ4v) is 5.74. The van der Waals surface area contributed by atoms with E-state index in [2.05, 4.69) is 11.7 Å². The molecule has 2 heterocycles. The monoisotopic (exact) mass is 571 g/mol. The number of esters is 1. The fourth-order valence-electron chi connectivity index (χ4n) is 4.19. The summed E-state index contributed by atoms with van der Waals surface area (Å²) in [5.74, 6) is -1.66. The smallest absolute Gasteiger partial charge is 0.459 e. The zero-order chi connectivity index (χ0) is 28.6. The summed E-state index contributed by atoms with van der Waals surface area (Å²) in [5, 5.41) is 13.1. The number of carbonyl (C=O) groups excluding carboxylic acids is 1. The molecule has 2 aliphatic rings. The summed E-state index contributed by atoms with van der Waals surface area (Å²) >= 11 is 0. The predicted octanol–water partition coefficient (Wildman–Crippen LogP) is 2.97. The molecular weight excluding hydrogens is 536 g/mol. The lowest BCUT2D eigenvalue weighted by atomic mass is 9.98. The zero-order valence-electron chi connectivity index (χ0n) is 21.9. The van der Waals surface area contributed by atoms with E-state index in [1.807, 2.05) is 4.98 Å². The van der Waals surface area contributed by atoms with Crippen LogP contribution in [0.25, 0.3) is 0 Å². The van der Waals surface area contributed by atoms with Gasteiger partial charge in [-0.25, -0.2) is 9.36 Å². The maximum atomic E-state index is 13.8. The molecule has 0 bridgehead atoms. The first-order chi connectivity index (χ1) is 18.5. The molecule has 3 N–H and O–H groups in total. The predicted molar refractivity (Wildman–Crippen MR) is 139 cm³/mol. The molecule has 2 unspecified atom stereocenters. The van der Waals surface area contributed by atoms with Crippen molar-refractivity contribution >= 4 is 13.7 Å². The number of aliphatic hydroxyl groups is 1. The van der Waals surface area contributed by atoms with Gasteiger partial charge in [0.2, 0.25) is 5.82 Å². The second kappa shape index (κ2) is 14.0. The van der Waals surface area contributed by atoms with Crippen molar-refractivity contribution in [2.75, 3.05) is 6.61 Å². The summed E-state index contributed by atoms with van der Waals surface area (Å²) in [6.07, 6.45) is 7.52. The summed E-state index contributed by atoms with van der Waals surface area (Å²) in [6, 6.07) is -1.07. The lowest BCUT2D eigenvalue weighted by molar-refractivity contribution is -0.152. The van der Waals surface area contributed by atoms with Crippen LogP contribution in [-0.4, -0.2) is 51.6 Å². The van der Waals surface area contributed by atoms with E-state index in [-0.39, 0.29) is 18.3 Å². The summed E-state index contributed by atoms with van der Waals surface area (Å²) in [7, 11) is -4.26. The number of aliphatic hydroxyl groups excluding tert-OH is 1. The Labute approximate surface area is 225 Å². The molecule has 1 aliphatic carbocycles. The minimum absolute atomic E-state index is 0.135. The zero-order valence-corrected chi connectivity index (χ0v) is 22.8. The Morgan fingerprint density at radius 1 is 1.38 bits per heavy atom. The highest BCUT2D eigenvalue weighted by Crippen LogP contribution is 2.48. The van der Waals surface area contributed by atoms with Gasteiger partial charge in [0.15, 0.2) is 0 Å². The number of hydrogen-bond acceptors (Lipinski definition) is 9. The lowest BCUT2D eigenvalue weighted by Crippen LogP contribution is -2.37. The first kappa shape index (κ1) is 30.7. The van der Waals surface area contributed by atoms with E-state index in [4.69, 9.17) is 18.5 Å². The highest BCUT2D eigenvalue weighted by Gasteiger charge is 2.40. The number of H-pyrrole nitrogens is 1. The number of ether oxygens (including phenoxy) is 2. The van der Waals surface area contributed by atoms with Crippen LogP contribution in [0.2, 0.25) is 0 Å². The highest BCUT2D eigenvalue weighted by atomic mass is 31.2. The number of allylic oxidation sites excluding steroid dienone is 4. The Morgan fingerprint density at radius 3 is 2.77 bits per heavy atom. The minimum atomic E-state index is -4.26. The number of rotatable bonds is 12. The number of carbonyl (C=O) groups is 1. The van der Waals surface area contributed by atoms with Gasteiger partial charge >= 0.3 is 19.4 Å². The Bertz CT molecular complexity index is 1240. The summed E-state index contributed by atoms with van der Waals surface area (Å²) < 4.78 is 50.7. The number of aromatic nitrogens is 2. The molecule has 1 aromatic heterocycles. The minimum Gasteiger partial charge on any atom is -0.461 e. The topological polar surface area (TPSA) is 158 Å². The van der Waals surface area contributed by atoms with Crippen LogP contribution >= 0.6 is 7.75 Å². The number of aromatic amines is 1. The van der Waals surface area contributed by atoms with E-state index in [9.17, 15) is 28.4 Å². The van der Waals surface area contributed by atoms with Gasteiger partial charge in [-0.1, -0.05) is 25.2 Å². The second-order valence-corrected chi connectivity index (χ2v) is 11.0. The average molecular weight is 572 g/mol. The van der Waals surface area contributed by atoms with Crippen molar-refractivity contribution in [1.82, 2.24) is 14.6 Å². The summed E-state index contributed by atoms with van der Waals surface area (Å²) in [5.41, 5.74) is -2.10. The standard InChI is InChI=1S/C25H35FN3O9P/c1-4-6-10-17(5-2)38-39(34,28-16(3)24(32)36-18-11-8-7-9-12-18)35-15-21-20(30)13-22(37-21)29-14-19(26)23(31)27-25(29)33/h4-6,10,14,16,18,20-22,30H,1,7-9,11-13,15H2,2-3H3,(H,28,34)(H,27,31,33)/b10-6-,17-5+/t16-,20?,21+,22+,39?/m0/s1. The van der Waals surface area contributed by atoms with Crippen molar-refractivity contribution in [3.8, 4) is 0 Å². The van der Waals surface area contributed by atoms with E-state index in [0.29, 0.717) is 6.20 Å². The molecule has 1 aliphatic heterocycles. The van der Waals surface area contributed by atoms with Crippen molar-refractivity contribution in [1.29, 1.82) is 0 Å². The maximum absolute atomic E-state index is 13.8. The van der Waals surface area contributed by atoms with E-state index >= 15 is 0 Å². The Morgan fingerprint density at radius 2 is 2.10 bits per heavy atom. The third-order valence-electron chi connectivity index (χ3n) is 6.29. The van der Waals surface area contributed by atoms with Crippen LogP contribution in [-0.2, 0) is 27.9 Å². The van der Waals surface area contributed by atoms with Gasteiger partial charge in [-0.05, 0) is 51.7 Å². The van der Waals surface area contributed by atoms with Gasteiger partial charge in [0.25, 0.3) is 5.56 Å². The van der Waals surface area contributed by atoms with Crippen LogP contribution in [0.15, 0.2) is 52.4 Å². The third kappa shape index (κ3) is 8.58. The molecule has 0 radical (unpaired) electrons. The van der Waals surface area contributed by atoms with Crippen LogP contribution in [0, 0.1) is 5.82 Å². The van der Waals surface area contributed by atoms with E-state index < -0.39 is 61.9 Å². The molecule has 1 aromatic rings. The van der Waals surface area contributed by atoms with E-state index in [0.717, 1.165) is 36.7 Å². The van der Waals surface area contributed by atoms with Gasteiger partial charge in [0.05, 0.1) is 18.9 Å². The van der Waals surface area contributed by atoms with Crippen LogP contribution in [0.1, 0.15) is 58.6 Å². The molecule has 0 aromatic carbocycles.